The third kappa shape index (κ3) is 4.05. The van der Waals surface area contributed by atoms with Crippen molar-refractivity contribution in [2.24, 2.45) is 7.05 Å². The lowest BCUT2D eigenvalue weighted by Gasteiger charge is -2.29. The zero-order valence-electron chi connectivity index (χ0n) is 15.2. The Balaban J connectivity index is 0.00000243. The molecule has 140 valence electrons. The molecule has 1 aliphatic rings. The van der Waals surface area contributed by atoms with Crippen molar-refractivity contribution in [2.45, 2.75) is 25.8 Å². The van der Waals surface area contributed by atoms with Gasteiger partial charge in [-0.05, 0) is 43.7 Å². The third-order valence-corrected chi connectivity index (χ3v) is 4.45. The number of aromatic nitrogens is 2. The molecule has 1 aromatic heterocycles. The molecule has 3 rings (SSSR count). The van der Waals surface area contributed by atoms with E-state index in [0.29, 0.717) is 0 Å². The highest BCUT2D eigenvalue weighted by molar-refractivity contribution is 5.97. The van der Waals surface area contributed by atoms with Gasteiger partial charge in [0.1, 0.15) is 6.04 Å². The van der Waals surface area contributed by atoms with Gasteiger partial charge in [-0.1, -0.05) is 0 Å². The zero-order chi connectivity index (χ0) is 18.0. The van der Waals surface area contributed by atoms with E-state index in [0.717, 1.165) is 41.9 Å². The molecule has 0 fully saturated rings. The summed E-state index contributed by atoms with van der Waals surface area (Å²) in [6.07, 6.45) is 5.33. The lowest BCUT2D eigenvalue weighted by Crippen LogP contribution is -2.33. The van der Waals surface area contributed by atoms with E-state index in [9.17, 15) is 9.59 Å². The van der Waals surface area contributed by atoms with Gasteiger partial charge in [-0.3, -0.25) is 14.3 Å². The number of halogens is 1. The summed E-state index contributed by atoms with van der Waals surface area (Å²) in [5.41, 5.74) is 3.57. The molecular formula is C18H24ClN5O2. The molecule has 26 heavy (non-hydrogen) atoms. The number of nitrogens with zero attached hydrogens (tertiary/aromatic N) is 3. The van der Waals surface area contributed by atoms with Gasteiger partial charge in [0, 0.05) is 43.7 Å². The van der Waals surface area contributed by atoms with Crippen molar-refractivity contribution in [3.63, 3.8) is 0 Å². The molecule has 1 aliphatic heterocycles. The topological polar surface area (TPSA) is 79.3 Å². The van der Waals surface area contributed by atoms with Crippen LogP contribution >= 0.6 is 12.4 Å². The van der Waals surface area contributed by atoms with E-state index in [2.05, 4.69) is 15.7 Å². The Morgan fingerprint density at radius 3 is 2.69 bits per heavy atom. The quantitative estimate of drug-likeness (QED) is 0.854. The van der Waals surface area contributed by atoms with Gasteiger partial charge >= 0.3 is 0 Å². The lowest BCUT2D eigenvalue weighted by molar-refractivity contribution is -0.118. The number of hydrogen-bond donors (Lipinski definition) is 2. The van der Waals surface area contributed by atoms with Crippen LogP contribution in [-0.4, -0.2) is 35.2 Å². The second kappa shape index (κ2) is 8.33. The molecule has 2 heterocycles. The summed E-state index contributed by atoms with van der Waals surface area (Å²) in [6.45, 7) is 2.33. The Hall–Kier alpha value is -2.38. The van der Waals surface area contributed by atoms with Crippen LogP contribution in [0.4, 0.5) is 11.4 Å². The number of carbonyl (C=O) groups excluding carboxylic acids is 2. The molecule has 0 saturated carbocycles. The summed E-state index contributed by atoms with van der Waals surface area (Å²) >= 11 is 0. The van der Waals surface area contributed by atoms with Crippen LogP contribution in [0.2, 0.25) is 0 Å². The molecule has 1 aromatic carbocycles. The first-order chi connectivity index (χ1) is 12.0. The predicted octanol–water partition coefficient (Wildman–Crippen LogP) is 2.04. The van der Waals surface area contributed by atoms with Crippen LogP contribution in [0.5, 0.6) is 0 Å². The SMILES string of the molecule is CNC(C(=O)Nc1ccc2c(c1)CCCN2C(C)=O)c1cnn(C)c1.Cl. The smallest absolute Gasteiger partial charge is 0.246 e. The van der Waals surface area contributed by atoms with Crippen LogP contribution in [0.15, 0.2) is 30.6 Å². The number of aryl methyl sites for hydroxylation is 2. The first-order valence-corrected chi connectivity index (χ1v) is 8.37. The number of carbonyl (C=O) groups is 2. The highest BCUT2D eigenvalue weighted by atomic mass is 35.5. The van der Waals surface area contributed by atoms with E-state index in [4.69, 9.17) is 0 Å². The second-order valence-corrected chi connectivity index (χ2v) is 6.28. The number of fused-ring (bicyclic) bond motifs is 1. The summed E-state index contributed by atoms with van der Waals surface area (Å²) in [7, 11) is 3.56. The van der Waals surface area contributed by atoms with Gasteiger partial charge in [0.15, 0.2) is 0 Å². The Labute approximate surface area is 159 Å². The maximum atomic E-state index is 12.6. The summed E-state index contributed by atoms with van der Waals surface area (Å²) in [5.74, 6) is -0.0979. The van der Waals surface area contributed by atoms with Gasteiger partial charge in [-0.2, -0.15) is 5.10 Å². The number of anilines is 2. The number of likely N-dealkylation sites (N-methyl/N-ethyl adjacent to an activating group) is 1. The number of amides is 2. The van der Waals surface area contributed by atoms with Gasteiger partial charge in [-0.25, -0.2) is 0 Å². The Morgan fingerprint density at radius 1 is 1.31 bits per heavy atom. The largest absolute Gasteiger partial charge is 0.324 e. The molecule has 0 spiro atoms. The van der Waals surface area contributed by atoms with Crippen LogP contribution < -0.4 is 15.5 Å². The van der Waals surface area contributed by atoms with Gasteiger partial charge in [-0.15, -0.1) is 12.4 Å². The number of rotatable bonds is 4. The van der Waals surface area contributed by atoms with E-state index in [1.807, 2.05) is 31.4 Å². The molecule has 0 radical (unpaired) electrons. The maximum absolute atomic E-state index is 12.6. The van der Waals surface area contributed by atoms with E-state index in [1.54, 1.807) is 29.7 Å². The monoisotopic (exact) mass is 377 g/mol. The van der Waals surface area contributed by atoms with Crippen molar-refractivity contribution in [1.82, 2.24) is 15.1 Å². The minimum atomic E-state index is -0.474. The van der Waals surface area contributed by atoms with Crippen LogP contribution in [0, 0.1) is 0 Å². The van der Waals surface area contributed by atoms with Crippen LogP contribution in [-0.2, 0) is 23.1 Å². The van der Waals surface area contributed by atoms with Crippen LogP contribution in [0.1, 0.15) is 30.5 Å². The minimum absolute atomic E-state index is 0. The van der Waals surface area contributed by atoms with Crippen molar-refractivity contribution in [3.05, 3.63) is 41.7 Å². The molecule has 2 N–H and O–H groups in total. The Kier molecular flexibility index (Phi) is 6.39. The third-order valence-electron chi connectivity index (χ3n) is 4.45. The molecule has 0 aliphatic carbocycles. The summed E-state index contributed by atoms with van der Waals surface area (Å²) in [5, 5.41) is 10.1. The predicted molar refractivity (Wildman–Crippen MR) is 104 cm³/mol. The fourth-order valence-corrected chi connectivity index (χ4v) is 3.25. The average molecular weight is 378 g/mol. The number of benzene rings is 1. The van der Waals surface area contributed by atoms with Gasteiger partial charge in [0.25, 0.3) is 0 Å². The highest BCUT2D eigenvalue weighted by Gasteiger charge is 2.23. The molecule has 8 heteroatoms. The molecule has 7 nitrogen and oxygen atoms in total. The number of nitrogens with one attached hydrogen (secondary N) is 2. The minimum Gasteiger partial charge on any atom is -0.324 e. The molecule has 0 bridgehead atoms. The summed E-state index contributed by atoms with van der Waals surface area (Å²) < 4.78 is 1.67. The fraction of sp³-hybridized carbons (Fsp3) is 0.389. The first kappa shape index (κ1) is 19.9. The van der Waals surface area contributed by atoms with Crippen molar-refractivity contribution < 1.29 is 9.59 Å². The Morgan fingerprint density at radius 2 is 2.08 bits per heavy atom. The van der Waals surface area contributed by atoms with E-state index in [-0.39, 0.29) is 24.2 Å². The van der Waals surface area contributed by atoms with Gasteiger partial charge in [0.2, 0.25) is 11.8 Å². The first-order valence-electron chi connectivity index (χ1n) is 8.37. The summed E-state index contributed by atoms with van der Waals surface area (Å²) in [6, 6.07) is 5.23. The van der Waals surface area contributed by atoms with E-state index in [1.165, 1.54) is 0 Å². The Bertz CT molecular complexity index is 805. The number of hydrogen-bond acceptors (Lipinski definition) is 4. The summed E-state index contributed by atoms with van der Waals surface area (Å²) in [4.78, 5) is 26.2. The highest BCUT2D eigenvalue weighted by Crippen LogP contribution is 2.30. The van der Waals surface area contributed by atoms with Crippen molar-refractivity contribution in [1.29, 1.82) is 0 Å². The van der Waals surface area contributed by atoms with Crippen LogP contribution in [0.3, 0.4) is 0 Å². The average Bonchev–Trinajstić information content (AvgIpc) is 3.00. The molecule has 1 unspecified atom stereocenters. The fourth-order valence-electron chi connectivity index (χ4n) is 3.25. The molecule has 1 atom stereocenters. The maximum Gasteiger partial charge on any atom is 0.246 e. The van der Waals surface area contributed by atoms with E-state index < -0.39 is 6.04 Å². The van der Waals surface area contributed by atoms with Gasteiger partial charge in [0.05, 0.1) is 6.20 Å². The molecular weight excluding hydrogens is 354 g/mol. The van der Waals surface area contributed by atoms with Gasteiger partial charge < -0.3 is 15.5 Å². The second-order valence-electron chi connectivity index (χ2n) is 6.28. The molecule has 2 aromatic rings. The zero-order valence-corrected chi connectivity index (χ0v) is 16.0. The van der Waals surface area contributed by atoms with Crippen LogP contribution in [0.25, 0.3) is 0 Å². The van der Waals surface area contributed by atoms with Crippen molar-refractivity contribution in [3.8, 4) is 0 Å². The lowest BCUT2D eigenvalue weighted by atomic mass is 10.0. The standard InChI is InChI=1S/C18H23N5O2.ClH/c1-12(24)23-8-4-5-13-9-15(6-7-16(13)23)21-18(25)17(19-2)14-10-20-22(3)11-14;/h6-7,9-11,17,19H,4-5,8H2,1-3H3,(H,21,25);1H. The molecule has 0 saturated heterocycles. The van der Waals surface area contributed by atoms with Crippen molar-refractivity contribution in [2.75, 3.05) is 23.8 Å². The van der Waals surface area contributed by atoms with Crippen molar-refractivity contribution >= 4 is 35.6 Å². The van der Waals surface area contributed by atoms with E-state index >= 15 is 0 Å². The normalized spacial score (nSPS) is 14.2. The molecule has 2 amide bonds.